The molecule has 2 atom stereocenters. The van der Waals surface area contributed by atoms with E-state index in [4.69, 9.17) is 16.3 Å². The minimum absolute atomic E-state index is 0.0120. The lowest BCUT2D eigenvalue weighted by Gasteiger charge is -2.26. The molecule has 1 saturated heterocycles. The quantitative estimate of drug-likeness (QED) is 0.279. The fourth-order valence-electron chi connectivity index (χ4n) is 5.68. The van der Waals surface area contributed by atoms with Gasteiger partial charge in [-0.1, -0.05) is 30.2 Å². The lowest BCUT2D eigenvalue weighted by Crippen LogP contribution is -2.41. The number of anilines is 2. The van der Waals surface area contributed by atoms with Gasteiger partial charge in [0.1, 0.15) is 21.3 Å². The summed E-state index contributed by atoms with van der Waals surface area (Å²) in [5, 5.41) is 3.79. The number of ether oxygens (including phenoxy) is 1. The third-order valence-electron chi connectivity index (χ3n) is 7.56. The van der Waals surface area contributed by atoms with Crippen LogP contribution >= 0.6 is 22.9 Å². The predicted molar refractivity (Wildman–Crippen MR) is 159 cm³/mol. The molecule has 42 heavy (non-hydrogen) atoms. The van der Waals surface area contributed by atoms with Gasteiger partial charge in [0.2, 0.25) is 0 Å². The molecule has 1 aliphatic carbocycles. The second-order valence-corrected chi connectivity index (χ2v) is 14.5. The van der Waals surface area contributed by atoms with Gasteiger partial charge in [0.25, 0.3) is 10.0 Å². The molecule has 1 amide bonds. The number of rotatable bonds is 8. The second-order valence-electron chi connectivity index (χ2n) is 11.7. The maximum atomic E-state index is 15.6. The Bertz CT molecular complexity index is 1560. The van der Waals surface area contributed by atoms with E-state index in [1.807, 2.05) is 6.07 Å². The van der Waals surface area contributed by atoms with E-state index in [-0.39, 0.29) is 18.1 Å². The first-order chi connectivity index (χ1) is 19.8. The summed E-state index contributed by atoms with van der Waals surface area (Å²) in [6.45, 7) is 6.36. The van der Waals surface area contributed by atoms with Crippen LogP contribution in [0.25, 0.3) is 0 Å². The Kier molecular flexibility index (Phi) is 8.80. The van der Waals surface area contributed by atoms with Gasteiger partial charge in [0.05, 0.1) is 11.2 Å². The summed E-state index contributed by atoms with van der Waals surface area (Å²) in [5.41, 5.74) is 1.67. The molecule has 8 nitrogen and oxygen atoms in total. The lowest BCUT2D eigenvalue weighted by molar-refractivity contribution is 0.0608. The molecule has 2 aromatic carbocycles. The Morgan fingerprint density at radius 2 is 2.02 bits per heavy atom. The average molecular weight is 639 g/mol. The largest absolute Gasteiger partial charge is 0.443 e. The van der Waals surface area contributed by atoms with Crippen molar-refractivity contribution in [3.8, 4) is 0 Å². The molecule has 1 aliphatic heterocycles. The standard InChI is InChI=1S/C29H33ClF2N4O4S2/c1-29(2,3)40-28(37)36(25-16-41-17-34-25)42(38,39)24-11-10-23(26(30)27(24)32)33-13-21-19(7-5-9-22(21)31)15-35-14-18-6-4-8-20(35)12-18/h5,7,9-11,16-18,20,33H,4,6,8,12-15H2,1-3H3. The van der Waals surface area contributed by atoms with Crippen LogP contribution in [-0.2, 0) is 27.8 Å². The van der Waals surface area contributed by atoms with Crippen LogP contribution in [0.1, 0.15) is 57.6 Å². The van der Waals surface area contributed by atoms with E-state index >= 15 is 8.78 Å². The second kappa shape index (κ2) is 12.1. The van der Waals surface area contributed by atoms with Gasteiger partial charge in [-0.2, -0.15) is 0 Å². The van der Waals surface area contributed by atoms with E-state index in [9.17, 15) is 13.2 Å². The van der Waals surface area contributed by atoms with E-state index in [2.05, 4.69) is 15.2 Å². The molecular weight excluding hydrogens is 606 g/mol. The van der Waals surface area contributed by atoms with Gasteiger partial charge in [-0.3, -0.25) is 4.90 Å². The summed E-state index contributed by atoms with van der Waals surface area (Å²) in [6, 6.07) is 7.76. The highest BCUT2D eigenvalue weighted by molar-refractivity contribution is 7.93. The monoisotopic (exact) mass is 638 g/mol. The summed E-state index contributed by atoms with van der Waals surface area (Å²) < 4.78 is 63.4. The Balaban J connectivity index is 1.38. The average Bonchev–Trinajstić information content (AvgIpc) is 3.52. The van der Waals surface area contributed by atoms with Gasteiger partial charge in [-0.25, -0.2) is 27.0 Å². The number of hydrogen-bond acceptors (Lipinski definition) is 8. The Hall–Kier alpha value is -2.80. The minimum atomic E-state index is -4.82. The van der Waals surface area contributed by atoms with Crippen molar-refractivity contribution in [3.63, 3.8) is 0 Å². The van der Waals surface area contributed by atoms with Gasteiger partial charge in [-0.05, 0) is 69.7 Å². The number of fused-ring (bicyclic) bond motifs is 2. The van der Waals surface area contributed by atoms with Gasteiger partial charge in [0, 0.05) is 36.6 Å². The van der Waals surface area contributed by atoms with Gasteiger partial charge in [-0.15, -0.1) is 15.6 Å². The maximum absolute atomic E-state index is 15.6. The molecule has 2 heterocycles. The van der Waals surface area contributed by atoms with E-state index in [0.717, 1.165) is 35.9 Å². The fourth-order valence-corrected chi connectivity index (χ4v) is 7.89. The van der Waals surface area contributed by atoms with Crippen molar-refractivity contribution in [3.05, 3.63) is 69.0 Å². The molecule has 2 aliphatic rings. The molecule has 3 aromatic rings. The summed E-state index contributed by atoms with van der Waals surface area (Å²) in [6.07, 6.45) is 3.55. The third-order valence-corrected chi connectivity index (χ3v) is 10.2. The molecule has 0 radical (unpaired) electrons. The number of nitrogens with zero attached hydrogens (tertiary/aromatic N) is 3. The molecule has 2 fully saturated rings. The first-order valence-electron chi connectivity index (χ1n) is 13.7. The highest BCUT2D eigenvalue weighted by Gasteiger charge is 2.39. The van der Waals surface area contributed by atoms with E-state index < -0.39 is 43.3 Å². The van der Waals surface area contributed by atoms with Crippen LogP contribution in [0.5, 0.6) is 0 Å². The summed E-state index contributed by atoms with van der Waals surface area (Å²) in [4.78, 5) is 18.4. The zero-order valence-electron chi connectivity index (χ0n) is 23.6. The van der Waals surface area contributed by atoms with E-state index in [1.165, 1.54) is 42.3 Å². The predicted octanol–water partition coefficient (Wildman–Crippen LogP) is 7.19. The van der Waals surface area contributed by atoms with Crippen molar-refractivity contribution < 1.29 is 26.7 Å². The molecule has 1 saturated carbocycles. The number of hydrogen-bond donors (Lipinski definition) is 1. The number of sulfonamides is 1. The van der Waals surface area contributed by atoms with Gasteiger partial charge < -0.3 is 10.1 Å². The number of carbonyl (C=O) groups excluding carboxylic acids is 1. The van der Waals surface area contributed by atoms with Crippen molar-refractivity contribution in [1.82, 2.24) is 9.88 Å². The molecule has 5 rings (SSSR count). The number of benzene rings is 2. The number of nitrogens with one attached hydrogen (secondary N) is 1. The minimum Gasteiger partial charge on any atom is -0.443 e. The first kappa shape index (κ1) is 30.7. The molecular formula is C29H33ClF2N4O4S2. The van der Waals surface area contributed by atoms with Crippen molar-refractivity contribution in [2.75, 3.05) is 16.2 Å². The van der Waals surface area contributed by atoms with Crippen LogP contribution in [0.15, 0.2) is 46.1 Å². The number of likely N-dealkylation sites (tertiary alicyclic amines) is 1. The molecule has 2 bridgehead atoms. The third kappa shape index (κ3) is 6.41. The van der Waals surface area contributed by atoms with Crippen molar-refractivity contribution in [1.29, 1.82) is 0 Å². The number of carbonyl (C=O) groups is 1. The number of amides is 1. The van der Waals surface area contributed by atoms with Crippen LogP contribution in [0.4, 0.5) is 25.1 Å². The van der Waals surface area contributed by atoms with Crippen LogP contribution < -0.4 is 9.62 Å². The summed E-state index contributed by atoms with van der Waals surface area (Å²) in [5.74, 6) is -1.20. The Morgan fingerprint density at radius 3 is 2.71 bits per heavy atom. The van der Waals surface area contributed by atoms with Crippen LogP contribution in [0.2, 0.25) is 5.02 Å². The number of aromatic nitrogens is 1. The maximum Gasteiger partial charge on any atom is 0.430 e. The number of thiazole rings is 1. The zero-order chi connectivity index (χ0) is 30.2. The molecule has 1 N–H and O–H groups in total. The van der Waals surface area contributed by atoms with Gasteiger partial charge in [0.15, 0.2) is 11.6 Å². The van der Waals surface area contributed by atoms with Crippen LogP contribution in [-0.4, -0.2) is 42.6 Å². The van der Waals surface area contributed by atoms with Crippen LogP contribution in [0, 0.1) is 17.6 Å². The smallest absolute Gasteiger partial charge is 0.430 e. The van der Waals surface area contributed by atoms with Crippen molar-refractivity contribution in [2.45, 2.75) is 76.1 Å². The van der Waals surface area contributed by atoms with Crippen molar-refractivity contribution >= 4 is 50.6 Å². The molecule has 2 unspecified atom stereocenters. The zero-order valence-corrected chi connectivity index (χ0v) is 26.0. The first-order valence-corrected chi connectivity index (χ1v) is 16.5. The molecule has 1 aromatic heterocycles. The topological polar surface area (TPSA) is 91.8 Å². The van der Waals surface area contributed by atoms with E-state index in [0.29, 0.717) is 28.4 Å². The highest BCUT2D eigenvalue weighted by atomic mass is 35.5. The number of halogens is 3. The SMILES string of the molecule is CC(C)(C)OC(=O)N(c1cscn1)S(=O)(=O)c1ccc(NCc2c(F)cccc2CN2CC3CCCC2C3)c(Cl)c1F. The van der Waals surface area contributed by atoms with Crippen molar-refractivity contribution in [2.24, 2.45) is 5.92 Å². The molecule has 0 spiro atoms. The molecule has 13 heteroatoms. The lowest BCUT2D eigenvalue weighted by atomic mass is 9.90. The Labute approximate surface area is 253 Å². The Morgan fingerprint density at radius 1 is 1.24 bits per heavy atom. The normalized spacial score (nSPS) is 19.1. The fraction of sp³-hybridized carbons (Fsp3) is 0.448. The van der Waals surface area contributed by atoms with Gasteiger partial charge >= 0.3 is 6.09 Å². The van der Waals surface area contributed by atoms with Crippen LogP contribution in [0.3, 0.4) is 0 Å². The van der Waals surface area contributed by atoms with E-state index in [1.54, 1.807) is 26.8 Å². The molecule has 226 valence electrons. The summed E-state index contributed by atoms with van der Waals surface area (Å²) in [7, 11) is -4.82. The summed E-state index contributed by atoms with van der Waals surface area (Å²) >= 11 is 7.37. The highest BCUT2D eigenvalue weighted by Crippen LogP contribution is 2.37.